The lowest BCUT2D eigenvalue weighted by Crippen LogP contribution is -2.59. The maximum atomic E-state index is 14.5. The first-order chi connectivity index (χ1) is 23.3. The average Bonchev–Trinajstić information content (AvgIpc) is 3.06. The SMILES string of the molecule is COc1cc(C=O)cc(I)c1OC1C=C(C(=O)NCCO)CC(N(CC23CC4CC(CC(C4)C2)C3)C(=O)c2ccc(C(F)(F)F)cc2)C1O. The highest BCUT2D eigenvalue weighted by Crippen LogP contribution is 2.60. The van der Waals surface area contributed by atoms with E-state index >= 15 is 0 Å². The number of carbonyl (C=O) groups excluding carboxylic acids is 3. The number of carbonyl (C=O) groups is 3. The Morgan fingerprint density at radius 2 is 1.71 bits per heavy atom. The number of halogens is 4. The third kappa shape index (κ3) is 7.48. The van der Waals surface area contributed by atoms with Gasteiger partial charge in [-0.05, 0) is 127 Å². The monoisotopic (exact) mass is 796 g/mol. The van der Waals surface area contributed by atoms with Gasteiger partial charge in [-0.25, -0.2) is 0 Å². The van der Waals surface area contributed by atoms with Gasteiger partial charge in [0.15, 0.2) is 11.5 Å². The second-order valence-corrected chi connectivity index (χ2v) is 15.3. The van der Waals surface area contributed by atoms with E-state index in [1.807, 2.05) is 22.6 Å². The van der Waals surface area contributed by atoms with E-state index in [2.05, 4.69) is 5.32 Å². The van der Waals surface area contributed by atoms with E-state index in [4.69, 9.17) is 9.47 Å². The molecule has 9 nitrogen and oxygen atoms in total. The topological polar surface area (TPSA) is 125 Å². The van der Waals surface area contributed by atoms with Crippen LogP contribution in [0.5, 0.6) is 11.5 Å². The molecule has 5 aliphatic rings. The van der Waals surface area contributed by atoms with E-state index in [1.165, 1.54) is 19.3 Å². The van der Waals surface area contributed by atoms with Crippen molar-refractivity contribution in [2.24, 2.45) is 23.2 Å². The van der Waals surface area contributed by atoms with Crippen molar-refractivity contribution in [1.29, 1.82) is 0 Å². The van der Waals surface area contributed by atoms with Gasteiger partial charge in [0.2, 0.25) is 5.91 Å². The molecule has 3 unspecified atom stereocenters. The molecule has 0 aromatic heterocycles. The Balaban J connectivity index is 1.39. The highest BCUT2D eigenvalue weighted by Gasteiger charge is 2.53. The minimum atomic E-state index is -4.57. The van der Waals surface area contributed by atoms with Crippen molar-refractivity contribution in [3.8, 4) is 11.5 Å². The van der Waals surface area contributed by atoms with Crippen molar-refractivity contribution in [1.82, 2.24) is 10.2 Å². The summed E-state index contributed by atoms with van der Waals surface area (Å²) in [4.78, 5) is 41.0. The number of aldehydes is 1. The second-order valence-electron chi connectivity index (χ2n) is 14.1. The molecule has 7 rings (SSSR count). The van der Waals surface area contributed by atoms with Crippen molar-refractivity contribution in [3.05, 3.63) is 68.3 Å². The first kappa shape index (κ1) is 35.6. The number of alkyl halides is 3. The van der Waals surface area contributed by atoms with Gasteiger partial charge in [-0.3, -0.25) is 14.4 Å². The zero-order valence-corrected chi connectivity index (χ0v) is 29.2. The molecule has 13 heteroatoms. The summed E-state index contributed by atoms with van der Waals surface area (Å²) in [5.41, 5.74) is -0.473. The van der Waals surface area contributed by atoms with Crippen LogP contribution in [0.2, 0.25) is 0 Å². The molecule has 0 saturated heterocycles. The van der Waals surface area contributed by atoms with Crippen molar-refractivity contribution in [2.45, 2.75) is 69.4 Å². The number of nitrogens with one attached hydrogen (secondary N) is 1. The highest BCUT2D eigenvalue weighted by molar-refractivity contribution is 14.1. The zero-order chi connectivity index (χ0) is 35.1. The van der Waals surface area contributed by atoms with Gasteiger partial charge < -0.3 is 29.9 Å². The second kappa shape index (κ2) is 14.2. The fourth-order valence-electron chi connectivity index (χ4n) is 8.99. The number of benzene rings is 2. The van der Waals surface area contributed by atoms with Crippen LogP contribution in [0.4, 0.5) is 13.2 Å². The van der Waals surface area contributed by atoms with Gasteiger partial charge in [0.25, 0.3) is 5.91 Å². The van der Waals surface area contributed by atoms with Gasteiger partial charge in [-0.15, -0.1) is 0 Å². The van der Waals surface area contributed by atoms with Gasteiger partial charge in [0.1, 0.15) is 18.5 Å². The third-order valence-electron chi connectivity index (χ3n) is 10.6. The maximum absolute atomic E-state index is 14.5. The number of hydrogen-bond donors (Lipinski definition) is 3. The number of nitrogens with zero attached hydrogens (tertiary/aromatic N) is 1. The molecule has 4 bridgehead atoms. The molecule has 0 aliphatic heterocycles. The van der Waals surface area contributed by atoms with Crippen LogP contribution in [0, 0.1) is 26.7 Å². The molecule has 264 valence electrons. The number of aliphatic hydroxyl groups is 2. The molecular weight excluding hydrogens is 756 g/mol. The first-order valence-corrected chi connectivity index (χ1v) is 17.7. The zero-order valence-electron chi connectivity index (χ0n) is 27.0. The van der Waals surface area contributed by atoms with Crippen LogP contribution in [0.3, 0.4) is 0 Å². The van der Waals surface area contributed by atoms with Gasteiger partial charge in [-0.1, -0.05) is 0 Å². The molecule has 4 saturated carbocycles. The third-order valence-corrected chi connectivity index (χ3v) is 11.4. The summed E-state index contributed by atoms with van der Waals surface area (Å²) in [6.07, 6.45) is 1.29. The Kier molecular flexibility index (Phi) is 10.3. The van der Waals surface area contributed by atoms with E-state index in [0.717, 1.165) is 62.8 Å². The number of methoxy groups -OCH3 is 1. The molecule has 3 atom stereocenters. The Morgan fingerprint density at radius 3 is 2.27 bits per heavy atom. The smallest absolute Gasteiger partial charge is 0.416 e. The minimum Gasteiger partial charge on any atom is -0.493 e. The number of ether oxygens (including phenoxy) is 2. The molecule has 2 aromatic carbocycles. The number of rotatable bonds is 11. The van der Waals surface area contributed by atoms with Gasteiger partial charge in [0, 0.05) is 36.2 Å². The van der Waals surface area contributed by atoms with Gasteiger partial charge in [0.05, 0.1) is 28.9 Å². The number of amides is 2. The van der Waals surface area contributed by atoms with E-state index in [9.17, 15) is 37.8 Å². The largest absolute Gasteiger partial charge is 0.493 e. The van der Waals surface area contributed by atoms with Gasteiger partial charge >= 0.3 is 6.18 Å². The summed E-state index contributed by atoms with van der Waals surface area (Å²) in [5.74, 6) is 1.06. The van der Waals surface area contributed by atoms with Crippen LogP contribution in [0.25, 0.3) is 0 Å². The van der Waals surface area contributed by atoms with E-state index in [-0.39, 0.29) is 54.2 Å². The first-order valence-electron chi connectivity index (χ1n) is 16.6. The molecule has 0 heterocycles. The summed E-state index contributed by atoms with van der Waals surface area (Å²) in [5, 5.41) is 24.1. The van der Waals surface area contributed by atoms with Crippen LogP contribution in [-0.4, -0.2) is 78.3 Å². The van der Waals surface area contributed by atoms with Gasteiger partial charge in [-0.2, -0.15) is 13.2 Å². The Morgan fingerprint density at radius 1 is 1.08 bits per heavy atom. The summed E-state index contributed by atoms with van der Waals surface area (Å²) in [6, 6.07) is 6.17. The summed E-state index contributed by atoms with van der Waals surface area (Å²) in [7, 11) is 1.41. The van der Waals surface area contributed by atoms with E-state index < -0.39 is 41.8 Å². The Bertz CT molecular complexity index is 1580. The fraction of sp³-hybridized carbons (Fsp3) is 0.528. The van der Waals surface area contributed by atoms with E-state index in [1.54, 1.807) is 11.0 Å². The quantitative estimate of drug-likeness (QED) is 0.206. The predicted molar refractivity (Wildman–Crippen MR) is 181 cm³/mol. The van der Waals surface area contributed by atoms with Crippen LogP contribution < -0.4 is 14.8 Å². The van der Waals surface area contributed by atoms with Crippen LogP contribution in [0.15, 0.2) is 48.0 Å². The molecule has 49 heavy (non-hydrogen) atoms. The molecular formula is C36H40F3IN2O7. The minimum absolute atomic E-state index is 0.0186. The maximum Gasteiger partial charge on any atom is 0.416 e. The lowest BCUT2D eigenvalue weighted by molar-refractivity contribution is -0.137. The Hall–Kier alpha value is -3.17. The normalized spacial score (nSPS) is 28.8. The standard InChI is InChI=1S/C36H40F3IN2O7/c1-48-30-12-23(18-44)11-27(40)32(30)49-29-14-25(33(46)41-6-7-43)13-28(31(29)45)42(34(47)24-2-4-26(5-3-24)36(37,38)39)19-35-15-20-8-21(16-35)10-22(9-20)17-35/h2-5,11-12,14,18,20-22,28-29,31,43,45H,6-10,13,15-17,19H2,1H3,(H,41,46). The van der Waals surface area contributed by atoms with Crippen LogP contribution >= 0.6 is 22.6 Å². The predicted octanol–water partition coefficient (Wildman–Crippen LogP) is 5.41. The summed E-state index contributed by atoms with van der Waals surface area (Å²) >= 11 is 1.98. The summed E-state index contributed by atoms with van der Waals surface area (Å²) in [6.45, 7) is -0.0332. The molecule has 5 aliphatic carbocycles. The molecule has 2 aromatic rings. The van der Waals surface area contributed by atoms with Crippen LogP contribution in [-0.2, 0) is 11.0 Å². The molecule has 3 N–H and O–H groups in total. The van der Waals surface area contributed by atoms with Crippen molar-refractivity contribution in [2.75, 3.05) is 26.8 Å². The summed E-state index contributed by atoms with van der Waals surface area (Å²) < 4.78 is 52.7. The molecule has 0 radical (unpaired) electrons. The molecule has 0 spiro atoms. The number of aliphatic hydroxyl groups excluding tert-OH is 2. The lowest BCUT2D eigenvalue weighted by atomic mass is 9.49. The molecule has 4 fully saturated rings. The van der Waals surface area contributed by atoms with Crippen molar-refractivity contribution in [3.63, 3.8) is 0 Å². The molecule has 2 amide bonds. The fourth-order valence-corrected chi connectivity index (χ4v) is 9.74. The number of hydrogen-bond acceptors (Lipinski definition) is 7. The average molecular weight is 797 g/mol. The van der Waals surface area contributed by atoms with Crippen LogP contribution in [0.1, 0.15) is 71.2 Å². The van der Waals surface area contributed by atoms with E-state index in [0.29, 0.717) is 33.2 Å². The highest BCUT2D eigenvalue weighted by atomic mass is 127. The Labute approximate surface area is 296 Å². The lowest BCUT2D eigenvalue weighted by Gasteiger charge is -2.58. The van der Waals surface area contributed by atoms with Crippen molar-refractivity contribution >= 4 is 40.7 Å². The van der Waals surface area contributed by atoms with Crippen molar-refractivity contribution < 1.29 is 47.2 Å².